The fourth-order valence-corrected chi connectivity index (χ4v) is 4.46. The van der Waals surface area contributed by atoms with E-state index >= 15 is 0 Å². The van der Waals surface area contributed by atoms with E-state index in [0.29, 0.717) is 12.2 Å². The molecule has 0 radical (unpaired) electrons. The molecule has 4 aromatic rings. The van der Waals surface area contributed by atoms with Crippen LogP contribution in [0.15, 0.2) is 66.7 Å². The number of carbonyl (C=O) groups excluding carboxylic acids is 1. The molecule has 0 saturated heterocycles. The molecular weight excluding hydrogens is 358 g/mol. The Labute approximate surface area is 170 Å². The molecule has 2 aromatic heterocycles. The number of carbonyl (C=O) groups is 1. The highest BCUT2D eigenvalue weighted by Gasteiger charge is 2.35. The summed E-state index contributed by atoms with van der Waals surface area (Å²) < 4.78 is 0. The lowest BCUT2D eigenvalue weighted by Crippen LogP contribution is -2.41. The average molecular weight is 381 g/mol. The van der Waals surface area contributed by atoms with Crippen molar-refractivity contribution < 1.29 is 4.79 Å². The molecule has 29 heavy (non-hydrogen) atoms. The fourth-order valence-electron chi connectivity index (χ4n) is 4.46. The zero-order valence-corrected chi connectivity index (χ0v) is 16.6. The number of fused-ring (bicyclic) bond motifs is 3. The highest BCUT2D eigenvalue weighted by atomic mass is 16.2. The minimum atomic E-state index is -0.152. The van der Waals surface area contributed by atoms with Crippen LogP contribution in [0.2, 0.25) is 0 Å². The van der Waals surface area contributed by atoms with Gasteiger partial charge in [-0.05, 0) is 49.6 Å². The van der Waals surface area contributed by atoms with Crippen LogP contribution in [0.1, 0.15) is 44.6 Å². The molecule has 0 aliphatic carbocycles. The second-order valence-electron chi connectivity index (χ2n) is 7.79. The van der Waals surface area contributed by atoms with Crippen LogP contribution in [0.4, 0.5) is 0 Å². The molecule has 0 bridgehead atoms. The summed E-state index contributed by atoms with van der Waals surface area (Å²) in [6.07, 6.45) is 0.833. The maximum Gasteiger partial charge on any atom is 0.273 e. The van der Waals surface area contributed by atoms with Gasteiger partial charge in [-0.25, -0.2) is 4.98 Å². The number of amides is 1. The lowest BCUT2D eigenvalue weighted by molar-refractivity contribution is 0.0685. The Morgan fingerprint density at radius 2 is 1.86 bits per heavy atom. The second-order valence-corrected chi connectivity index (χ2v) is 7.79. The third kappa shape index (κ3) is 3.01. The quantitative estimate of drug-likeness (QED) is 0.533. The first-order valence-electron chi connectivity index (χ1n) is 10.0. The molecule has 0 saturated carbocycles. The van der Waals surface area contributed by atoms with Crippen molar-refractivity contribution in [3.05, 3.63) is 101 Å². The van der Waals surface area contributed by atoms with Gasteiger partial charge in [0.2, 0.25) is 0 Å². The number of para-hydroxylation sites is 1. The van der Waals surface area contributed by atoms with Crippen LogP contribution >= 0.6 is 0 Å². The average Bonchev–Trinajstić information content (AvgIpc) is 3.11. The maximum absolute atomic E-state index is 13.5. The van der Waals surface area contributed by atoms with Crippen molar-refractivity contribution in [3.63, 3.8) is 0 Å². The highest BCUT2D eigenvalue weighted by Crippen LogP contribution is 2.39. The van der Waals surface area contributed by atoms with Crippen LogP contribution in [0.25, 0.3) is 10.9 Å². The Morgan fingerprint density at radius 3 is 2.69 bits per heavy atom. The Balaban J connectivity index is 1.68. The number of aryl methyl sites for hydroxylation is 2. The second kappa shape index (κ2) is 6.89. The molecule has 3 heterocycles. The number of H-pyrrole nitrogens is 1. The van der Waals surface area contributed by atoms with Gasteiger partial charge in [0.1, 0.15) is 5.69 Å². The summed E-state index contributed by atoms with van der Waals surface area (Å²) in [5.41, 5.74) is 7.22. The predicted molar refractivity (Wildman–Crippen MR) is 115 cm³/mol. The lowest BCUT2D eigenvalue weighted by Gasteiger charge is -2.36. The zero-order chi connectivity index (χ0) is 20.0. The number of hydrogen-bond acceptors (Lipinski definition) is 2. The van der Waals surface area contributed by atoms with Crippen LogP contribution < -0.4 is 0 Å². The van der Waals surface area contributed by atoms with E-state index in [1.165, 1.54) is 16.5 Å². The topological polar surface area (TPSA) is 49.0 Å². The monoisotopic (exact) mass is 381 g/mol. The van der Waals surface area contributed by atoms with Gasteiger partial charge >= 0.3 is 0 Å². The molecule has 0 fully saturated rings. The molecule has 4 nitrogen and oxygen atoms in total. The fraction of sp³-hybridized carbons (Fsp3) is 0.200. The van der Waals surface area contributed by atoms with Gasteiger partial charge in [0.05, 0.1) is 6.04 Å². The van der Waals surface area contributed by atoms with E-state index in [9.17, 15) is 4.79 Å². The van der Waals surface area contributed by atoms with E-state index in [0.717, 1.165) is 28.9 Å². The van der Waals surface area contributed by atoms with Crippen LogP contribution in [-0.4, -0.2) is 27.3 Å². The van der Waals surface area contributed by atoms with Gasteiger partial charge in [-0.1, -0.05) is 54.1 Å². The summed E-state index contributed by atoms with van der Waals surface area (Å²) in [5.74, 6) is -0.0236. The molecule has 1 amide bonds. The predicted octanol–water partition coefficient (Wildman–Crippen LogP) is 4.97. The molecule has 4 heteroatoms. The molecule has 1 atom stereocenters. The van der Waals surface area contributed by atoms with Gasteiger partial charge in [0.25, 0.3) is 5.91 Å². The van der Waals surface area contributed by atoms with Crippen LogP contribution in [0.5, 0.6) is 0 Å². The van der Waals surface area contributed by atoms with Crippen molar-refractivity contribution in [2.45, 2.75) is 26.3 Å². The summed E-state index contributed by atoms with van der Waals surface area (Å²) in [7, 11) is 0. The van der Waals surface area contributed by atoms with E-state index in [1.54, 1.807) is 0 Å². The van der Waals surface area contributed by atoms with Crippen molar-refractivity contribution >= 4 is 16.8 Å². The first-order valence-corrected chi connectivity index (χ1v) is 10.0. The van der Waals surface area contributed by atoms with Crippen LogP contribution in [0, 0.1) is 13.8 Å². The maximum atomic E-state index is 13.5. The smallest absolute Gasteiger partial charge is 0.273 e. The van der Waals surface area contributed by atoms with Crippen molar-refractivity contribution in [3.8, 4) is 0 Å². The van der Waals surface area contributed by atoms with Gasteiger partial charge < -0.3 is 9.88 Å². The molecular formula is C25H23N3O. The number of nitrogens with zero attached hydrogens (tertiary/aromatic N) is 2. The number of hydrogen-bond donors (Lipinski definition) is 1. The van der Waals surface area contributed by atoms with Gasteiger partial charge in [-0.2, -0.15) is 0 Å². The summed E-state index contributed by atoms with van der Waals surface area (Å²) in [6, 6.07) is 22.3. The van der Waals surface area contributed by atoms with Crippen LogP contribution in [-0.2, 0) is 6.42 Å². The third-order valence-electron chi connectivity index (χ3n) is 5.76. The van der Waals surface area contributed by atoms with Gasteiger partial charge in [-0.15, -0.1) is 0 Å². The van der Waals surface area contributed by atoms with Gasteiger partial charge in [-0.3, -0.25) is 4.79 Å². The molecule has 1 aliphatic rings. The third-order valence-corrected chi connectivity index (χ3v) is 5.76. The molecule has 2 aromatic carbocycles. The molecule has 1 unspecified atom stereocenters. The minimum Gasteiger partial charge on any atom is -0.356 e. The van der Waals surface area contributed by atoms with Gasteiger partial charge in [0.15, 0.2) is 0 Å². The number of nitrogens with one attached hydrogen (secondary N) is 1. The SMILES string of the molecule is Cc1cccc(C2c3[nH]c4ccccc4c3CCN2C(=O)c2cccc(C)n2)c1. The summed E-state index contributed by atoms with van der Waals surface area (Å²) in [6.45, 7) is 4.68. The molecule has 144 valence electrons. The van der Waals surface area contributed by atoms with Crippen LogP contribution in [0.3, 0.4) is 0 Å². The molecule has 1 N–H and O–H groups in total. The first-order chi connectivity index (χ1) is 14.1. The minimum absolute atomic E-state index is 0.0236. The summed E-state index contributed by atoms with van der Waals surface area (Å²) >= 11 is 0. The van der Waals surface area contributed by atoms with Crippen molar-refractivity contribution in [2.24, 2.45) is 0 Å². The summed E-state index contributed by atoms with van der Waals surface area (Å²) in [5, 5.41) is 1.25. The van der Waals surface area contributed by atoms with Crippen molar-refractivity contribution in [1.29, 1.82) is 0 Å². The molecule has 1 aliphatic heterocycles. The molecule has 0 spiro atoms. The van der Waals surface area contributed by atoms with E-state index < -0.39 is 0 Å². The molecule has 5 rings (SSSR count). The largest absolute Gasteiger partial charge is 0.356 e. The van der Waals surface area contributed by atoms with E-state index in [1.807, 2.05) is 36.1 Å². The number of aromatic amines is 1. The Bertz CT molecular complexity index is 1220. The normalized spacial score (nSPS) is 16.1. The van der Waals surface area contributed by atoms with E-state index in [-0.39, 0.29) is 11.9 Å². The first kappa shape index (κ1) is 17.7. The van der Waals surface area contributed by atoms with Crippen molar-refractivity contribution in [2.75, 3.05) is 6.54 Å². The van der Waals surface area contributed by atoms with E-state index in [2.05, 4.69) is 59.4 Å². The summed E-state index contributed by atoms with van der Waals surface area (Å²) in [4.78, 5) is 23.6. The highest BCUT2D eigenvalue weighted by molar-refractivity contribution is 5.94. The Hall–Kier alpha value is -3.40. The number of aromatic nitrogens is 2. The zero-order valence-electron chi connectivity index (χ0n) is 16.6. The Kier molecular flexibility index (Phi) is 4.20. The van der Waals surface area contributed by atoms with Crippen molar-refractivity contribution in [1.82, 2.24) is 14.9 Å². The van der Waals surface area contributed by atoms with E-state index in [4.69, 9.17) is 0 Å². The number of benzene rings is 2. The number of pyridine rings is 1. The lowest BCUT2D eigenvalue weighted by atomic mass is 9.91. The Morgan fingerprint density at radius 1 is 1.03 bits per heavy atom. The number of rotatable bonds is 2. The van der Waals surface area contributed by atoms with Gasteiger partial charge in [0, 0.05) is 28.8 Å². The standard InChI is InChI=1S/C25H23N3O/c1-16-7-5-9-18(15-16)24-23-20(19-10-3-4-11-21(19)27-23)13-14-28(24)25(29)22-12-6-8-17(2)26-22/h3-12,15,24,27H,13-14H2,1-2H3.